The van der Waals surface area contributed by atoms with Crippen LogP contribution in [0.25, 0.3) is 0 Å². The van der Waals surface area contributed by atoms with Gasteiger partial charge in [0.25, 0.3) is 0 Å². The molecule has 2 aromatic rings. The van der Waals surface area contributed by atoms with E-state index in [1.807, 2.05) is 10.8 Å². The van der Waals surface area contributed by atoms with Gasteiger partial charge in [0.15, 0.2) is 0 Å². The minimum atomic E-state index is -3.12. The van der Waals surface area contributed by atoms with Crippen LogP contribution in [0.5, 0.6) is 0 Å². The van der Waals surface area contributed by atoms with Crippen LogP contribution in [0.4, 0.5) is 26.1 Å². The molecule has 1 N–H and O–H groups in total. The zero-order valence-corrected chi connectivity index (χ0v) is 14.0. The van der Waals surface area contributed by atoms with Crippen LogP contribution < -0.4 is 10.2 Å². The number of hydrogen-bond donors (Lipinski definition) is 1. The van der Waals surface area contributed by atoms with E-state index in [0.717, 1.165) is 31.0 Å². The fraction of sp³-hybridized carbons (Fsp3) is 0.333. The number of aromatic nitrogens is 3. The zero-order valence-electron chi connectivity index (χ0n) is 14.0. The fourth-order valence-corrected chi connectivity index (χ4v) is 3.26. The van der Waals surface area contributed by atoms with E-state index < -0.39 is 17.7 Å². The van der Waals surface area contributed by atoms with Gasteiger partial charge in [-0.1, -0.05) is 0 Å². The number of fused-ring (bicyclic) bond motifs is 2. The zero-order chi connectivity index (χ0) is 18.5. The van der Waals surface area contributed by atoms with Crippen LogP contribution in [0.3, 0.4) is 0 Å². The molecule has 3 heterocycles. The van der Waals surface area contributed by atoms with E-state index in [2.05, 4.69) is 20.3 Å². The maximum atomic E-state index is 13.6. The van der Waals surface area contributed by atoms with Crippen LogP contribution in [0.1, 0.15) is 31.2 Å². The maximum Gasteiger partial charge on any atom is 0.303 e. The van der Waals surface area contributed by atoms with Gasteiger partial charge in [-0.3, -0.25) is 10.1 Å². The number of rotatable bonds is 3. The standard InChI is InChI=1S/C18H15F2N5O/c1-3-15(26)23-13-8-12-11(9-22-13)18(5-6-18)10-25(12)14-4-7-21-16(24-14)17(2,19)20/h1,4,7-9H,5-6,10H2,2H3,(H,22,23,26). The number of terminal acetylenes is 1. The molecule has 6 nitrogen and oxygen atoms in total. The SMILES string of the molecule is C#CC(=O)Nc1cc2c(cn1)C1(CC1)CN2c1ccnc(C(C)(F)F)n1. The highest BCUT2D eigenvalue weighted by Gasteiger charge is 2.52. The molecular weight excluding hydrogens is 340 g/mol. The number of halogens is 2. The minimum Gasteiger partial charge on any atom is -0.325 e. The monoisotopic (exact) mass is 355 g/mol. The van der Waals surface area contributed by atoms with Crippen molar-refractivity contribution in [3.63, 3.8) is 0 Å². The van der Waals surface area contributed by atoms with Crippen LogP contribution in [0.2, 0.25) is 0 Å². The summed E-state index contributed by atoms with van der Waals surface area (Å²) in [6.07, 6.45) is 10.1. The quantitative estimate of drug-likeness (QED) is 0.858. The summed E-state index contributed by atoms with van der Waals surface area (Å²) in [6, 6.07) is 3.30. The number of nitrogens with one attached hydrogen (secondary N) is 1. The van der Waals surface area contributed by atoms with E-state index in [1.165, 1.54) is 6.20 Å². The van der Waals surface area contributed by atoms with Gasteiger partial charge < -0.3 is 4.90 Å². The Morgan fingerprint density at radius 2 is 2.19 bits per heavy atom. The van der Waals surface area contributed by atoms with Gasteiger partial charge in [-0.05, 0) is 24.8 Å². The Kier molecular flexibility index (Phi) is 3.44. The number of carbonyl (C=O) groups excluding carboxylic acids is 1. The third-order valence-electron chi connectivity index (χ3n) is 4.74. The normalized spacial score (nSPS) is 16.9. The molecule has 1 aliphatic carbocycles. The molecule has 2 aromatic heterocycles. The molecule has 8 heteroatoms. The molecule has 1 saturated carbocycles. The lowest BCUT2D eigenvalue weighted by Crippen LogP contribution is -2.22. The van der Waals surface area contributed by atoms with Crippen LogP contribution in [0.15, 0.2) is 24.5 Å². The molecule has 26 heavy (non-hydrogen) atoms. The Morgan fingerprint density at radius 3 is 2.85 bits per heavy atom. The van der Waals surface area contributed by atoms with E-state index in [9.17, 15) is 13.6 Å². The van der Waals surface area contributed by atoms with Crippen LogP contribution in [-0.2, 0) is 16.1 Å². The van der Waals surface area contributed by atoms with Crippen molar-refractivity contribution < 1.29 is 13.6 Å². The summed E-state index contributed by atoms with van der Waals surface area (Å²) in [6.45, 7) is 1.39. The average Bonchev–Trinajstić information content (AvgIpc) is 3.32. The lowest BCUT2D eigenvalue weighted by atomic mass is 10.0. The first-order chi connectivity index (χ1) is 12.3. The van der Waals surface area contributed by atoms with E-state index in [1.54, 1.807) is 18.3 Å². The van der Waals surface area contributed by atoms with Crippen molar-refractivity contribution in [2.45, 2.75) is 31.1 Å². The number of alkyl halides is 2. The second-order valence-electron chi connectivity index (χ2n) is 6.68. The lowest BCUT2D eigenvalue weighted by molar-refractivity contribution is -0.111. The first kappa shape index (κ1) is 16.4. The van der Waals surface area contributed by atoms with Gasteiger partial charge in [0.1, 0.15) is 11.6 Å². The largest absolute Gasteiger partial charge is 0.325 e. The highest BCUT2D eigenvalue weighted by molar-refractivity contribution is 6.03. The summed E-state index contributed by atoms with van der Waals surface area (Å²) in [5, 5.41) is 2.51. The summed E-state index contributed by atoms with van der Waals surface area (Å²) in [5.74, 6) is -1.58. The van der Waals surface area contributed by atoms with E-state index in [4.69, 9.17) is 6.42 Å². The van der Waals surface area contributed by atoms with Crippen molar-refractivity contribution in [1.82, 2.24) is 15.0 Å². The molecule has 132 valence electrons. The number of carbonyl (C=O) groups is 1. The molecule has 1 spiro atoms. The Labute approximate surface area is 148 Å². The first-order valence-corrected chi connectivity index (χ1v) is 8.09. The van der Waals surface area contributed by atoms with Gasteiger partial charge in [-0.2, -0.15) is 8.78 Å². The van der Waals surface area contributed by atoms with E-state index in [0.29, 0.717) is 18.2 Å². The molecule has 2 aliphatic rings. The summed E-state index contributed by atoms with van der Waals surface area (Å²) in [4.78, 5) is 25.3. The second-order valence-corrected chi connectivity index (χ2v) is 6.68. The molecule has 4 rings (SSSR count). The molecule has 0 radical (unpaired) electrons. The molecule has 1 fully saturated rings. The highest BCUT2D eigenvalue weighted by atomic mass is 19.3. The summed E-state index contributed by atoms with van der Waals surface area (Å²) < 4.78 is 27.2. The first-order valence-electron chi connectivity index (χ1n) is 8.09. The van der Waals surface area contributed by atoms with Gasteiger partial charge in [-0.15, -0.1) is 6.42 Å². The van der Waals surface area contributed by atoms with Gasteiger partial charge in [0, 0.05) is 42.9 Å². The Bertz CT molecular complexity index is 943. The van der Waals surface area contributed by atoms with E-state index >= 15 is 0 Å². The van der Waals surface area contributed by atoms with Crippen molar-refractivity contribution >= 4 is 23.2 Å². The third kappa shape index (κ3) is 2.65. The van der Waals surface area contributed by atoms with Gasteiger partial charge in [-0.25, -0.2) is 15.0 Å². The molecular formula is C18H15F2N5O. The van der Waals surface area contributed by atoms with Crippen molar-refractivity contribution in [3.8, 4) is 12.3 Å². The maximum absolute atomic E-state index is 13.6. The van der Waals surface area contributed by atoms with Crippen LogP contribution in [0, 0.1) is 12.3 Å². The molecule has 0 bridgehead atoms. The molecule has 0 atom stereocenters. The second kappa shape index (κ2) is 5.46. The molecule has 1 amide bonds. The predicted octanol–water partition coefficient (Wildman–Crippen LogP) is 2.74. The van der Waals surface area contributed by atoms with Crippen molar-refractivity contribution in [1.29, 1.82) is 0 Å². The highest BCUT2D eigenvalue weighted by Crippen LogP contribution is 2.57. The summed E-state index contributed by atoms with van der Waals surface area (Å²) in [7, 11) is 0. The van der Waals surface area contributed by atoms with Crippen LogP contribution >= 0.6 is 0 Å². The Hall–Kier alpha value is -3.08. The van der Waals surface area contributed by atoms with Crippen LogP contribution in [-0.4, -0.2) is 27.4 Å². The number of amides is 1. The number of pyridine rings is 1. The van der Waals surface area contributed by atoms with Crippen molar-refractivity contribution in [2.24, 2.45) is 0 Å². The van der Waals surface area contributed by atoms with Crippen molar-refractivity contribution in [3.05, 3.63) is 35.9 Å². The molecule has 0 aromatic carbocycles. The molecule has 1 aliphatic heterocycles. The number of nitrogens with zero attached hydrogens (tertiary/aromatic N) is 4. The minimum absolute atomic E-state index is 0.0309. The Balaban J connectivity index is 1.76. The third-order valence-corrected chi connectivity index (χ3v) is 4.74. The predicted molar refractivity (Wildman–Crippen MR) is 91.2 cm³/mol. The number of hydrogen-bond acceptors (Lipinski definition) is 5. The summed E-state index contributed by atoms with van der Waals surface area (Å²) in [5.41, 5.74) is 1.78. The van der Waals surface area contributed by atoms with Gasteiger partial charge in [0.05, 0.1) is 5.69 Å². The lowest BCUT2D eigenvalue weighted by Gasteiger charge is -2.20. The summed E-state index contributed by atoms with van der Waals surface area (Å²) >= 11 is 0. The fourth-order valence-electron chi connectivity index (χ4n) is 3.26. The Morgan fingerprint density at radius 1 is 1.42 bits per heavy atom. The molecule has 0 unspecified atom stereocenters. The van der Waals surface area contributed by atoms with E-state index in [-0.39, 0.29) is 5.41 Å². The number of anilines is 3. The van der Waals surface area contributed by atoms with Gasteiger partial charge in [0.2, 0.25) is 5.82 Å². The van der Waals surface area contributed by atoms with Crippen molar-refractivity contribution in [2.75, 3.05) is 16.8 Å². The average molecular weight is 355 g/mol. The molecule has 0 saturated heterocycles. The smallest absolute Gasteiger partial charge is 0.303 e. The van der Waals surface area contributed by atoms with Gasteiger partial charge >= 0.3 is 11.8 Å². The topological polar surface area (TPSA) is 71.0 Å².